The molecule has 0 radical (unpaired) electrons. The zero-order chi connectivity index (χ0) is 15.0. The van der Waals surface area contributed by atoms with Crippen LogP contribution in [0.15, 0.2) is 18.2 Å². The van der Waals surface area contributed by atoms with Gasteiger partial charge in [-0.05, 0) is 30.5 Å². The van der Waals surface area contributed by atoms with Gasteiger partial charge in [-0.15, -0.1) is 0 Å². The van der Waals surface area contributed by atoms with Gasteiger partial charge in [-0.2, -0.15) is 0 Å². The third-order valence-corrected chi connectivity index (χ3v) is 6.40. The van der Waals surface area contributed by atoms with Crippen molar-refractivity contribution in [1.82, 2.24) is 4.98 Å². The average molecular weight is 324 g/mol. The highest BCUT2D eigenvalue weighted by Crippen LogP contribution is 2.28. The molecule has 0 bridgehead atoms. The van der Waals surface area contributed by atoms with E-state index in [0.29, 0.717) is 11.6 Å². The van der Waals surface area contributed by atoms with Crippen LogP contribution in [-0.4, -0.2) is 30.8 Å². The Balaban J connectivity index is 1.77. The molecule has 3 rings (SSSR count). The first kappa shape index (κ1) is 14.5. The van der Waals surface area contributed by atoms with E-state index in [1.54, 1.807) is 0 Å². The number of hydrogen-bond acceptors (Lipinski definition) is 5. The molecular formula is C14H16N2O3S2. The summed E-state index contributed by atoms with van der Waals surface area (Å²) >= 11 is 1.42. The number of rotatable bonds is 3. The maximum atomic E-state index is 12.1. The molecule has 2 aromatic rings. The summed E-state index contributed by atoms with van der Waals surface area (Å²) in [6, 6.07) is 6.04. The molecule has 1 aliphatic rings. The van der Waals surface area contributed by atoms with E-state index in [-0.39, 0.29) is 17.4 Å². The predicted octanol–water partition coefficient (Wildman–Crippen LogP) is 2.23. The van der Waals surface area contributed by atoms with Gasteiger partial charge in [0.15, 0.2) is 15.0 Å². The Morgan fingerprint density at radius 3 is 2.95 bits per heavy atom. The summed E-state index contributed by atoms with van der Waals surface area (Å²) in [5.74, 6) is -0.645. The van der Waals surface area contributed by atoms with Crippen LogP contribution in [0.1, 0.15) is 18.9 Å². The highest BCUT2D eigenvalue weighted by Gasteiger charge is 2.33. The number of fused-ring (bicyclic) bond motifs is 1. The summed E-state index contributed by atoms with van der Waals surface area (Å²) in [5, 5.41) is 3.29. The standard InChI is InChI=1S/C14H16N2O3S2/c1-2-9-3-4-11-12(7-9)20-14(15-11)16-13(17)10-5-6-21(18,19)8-10/h3-4,7,10H,2,5-6,8H2,1H3,(H,15,16,17)/t10-/m0/s1. The van der Waals surface area contributed by atoms with Crippen LogP contribution in [0.4, 0.5) is 5.13 Å². The topological polar surface area (TPSA) is 76.1 Å². The van der Waals surface area contributed by atoms with Gasteiger partial charge in [-0.3, -0.25) is 4.79 Å². The Morgan fingerprint density at radius 2 is 2.29 bits per heavy atom. The van der Waals surface area contributed by atoms with Crippen molar-refractivity contribution in [2.45, 2.75) is 19.8 Å². The molecule has 0 aliphatic carbocycles. The molecule has 1 atom stereocenters. The summed E-state index contributed by atoms with van der Waals surface area (Å²) in [4.78, 5) is 16.5. The van der Waals surface area contributed by atoms with E-state index in [1.807, 2.05) is 12.1 Å². The van der Waals surface area contributed by atoms with Crippen LogP contribution in [0.5, 0.6) is 0 Å². The largest absolute Gasteiger partial charge is 0.302 e. The number of nitrogens with zero attached hydrogens (tertiary/aromatic N) is 1. The van der Waals surface area contributed by atoms with E-state index >= 15 is 0 Å². The lowest BCUT2D eigenvalue weighted by Gasteiger charge is -2.06. The van der Waals surface area contributed by atoms with Gasteiger partial charge >= 0.3 is 0 Å². The second-order valence-electron chi connectivity index (χ2n) is 5.26. The number of aryl methyl sites for hydroxylation is 1. The minimum Gasteiger partial charge on any atom is -0.302 e. The normalized spacial score (nSPS) is 20.7. The lowest BCUT2D eigenvalue weighted by atomic mass is 10.1. The number of carbonyl (C=O) groups is 1. The lowest BCUT2D eigenvalue weighted by Crippen LogP contribution is -2.23. The Labute approximate surface area is 127 Å². The summed E-state index contributed by atoms with van der Waals surface area (Å²) < 4.78 is 23.9. The van der Waals surface area contributed by atoms with E-state index < -0.39 is 15.8 Å². The second-order valence-corrected chi connectivity index (χ2v) is 8.52. The van der Waals surface area contributed by atoms with Gasteiger partial charge in [0.1, 0.15) is 0 Å². The SMILES string of the molecule is CCc1ccc2nc(NC(=O)[C@H]3CCS(=O)(=O)C3)sc2c1. The minimum atomic E-state index is -3.04. The van der Waals surface area contributed by atoms with Crippen LogP contribution < -0.4 is 5.32 Å². The number of thiazole rings is 1. The van der Waals surface area contributed by atoms with Crippen LogP contribution in [-0.2, 0) is 21.1 Å². The molecule has 1 fully saturated rings. The molecule has 112 valence electrons. The highest BCUT2D eigenvalue weighted by atomic mass is 32.2. The molecule has 2 heterocycles. The van der Waals surface area contributed by atoms with Crippen molar-refractivity contribution in [2.75, 3.05) is 16.8 Å². The Kier molecular flexibility index (Phi) is 3.71. The number of hydrogen-bond donors (Lipinski definition) is 1. The maximum absolute atomic E-state index is 12.1. The van der Waals surface area contributed by atoms with Gasteiger partial charge in [-0.1, -0.05) is 24.3 Å². The molecule has 1 amide bonds. The Morgan fingerprint density at radius 1 is 1.48 bits per heavy atom. The van der Waals surface area contributed by atoms with Crippen LogP contribution >= 0.6 is 11.3 Å². The van der Waals surface area contributed by atoms with Crippen molar-refractivity contribution >= 4 is 42.4 Å². The fourth-order valence-electron chi connectivity index (χ4n) is 2.45. The van der Waals surface area contributed by atoms with Crippen LogP contribution in [0.2, 0.25) is 0 Å². The fraction of sp³-hybridized carbons (Fsp3) is 0.429. The zero-order valence-electron chi connectivity index (χ0n) is 11.6. The average Bonchev–Trinajstić information content (AvgIpc) is 3.00. The molecule has 1 aliphatic heterocycles. The van der Waals surface area contributed by atoms with Gasteiger partial charge in [0, 0.05) is 0 Å². The van der Waals surface area contributed by atoms with E-state index in [0.717, 1.165) is 16.6 Å². The number of amides is 1. The molecule has 5 nitrogen and oxygen atoms in total. The predicted molar refractivity (Wildman–Crippen MR) is 84.4 cm³/mol. The summed E-state index contributed by atoms with van der Waals surface area (Å²) in [6.45, 7) is 2.09. The molecule has 0 spiro atoms. The highest BCUT2D eigenvalue weighted by molar-refractivity contribution is 7.91. The van der Waals surface area contributed by atoms with Crippen molar-refractivity contribution in [3.05, 3.63) is 23.8 Å². The van der Waals surface area contributed by atoms with Crippen molar-refractivity contribution in [2.24, 2.45) is 5.92 Å². The molecule has 21 heavy (non-hydrogen) atoms. The van der Waals surface area contributed by atoms with Crippen LogP contribution in [0.25, 0.3) is 10.2 Å². The van der Waals surface area contributed by atoms with E-state index in [2.05, 4.69) is 23.3 Å². The Hall–Kier alpha value is -1.47. The summed E-state index contributed by atoms with van der Waals surface area (Å²) in [6.07, 6.45) is 1.36. The quantitative estimate of drug-likeness (QED) is 0.939. The number of nitrogens with one attached hydrogen (secondary N) is 1. The number of carbonyl (C=O) groups excluding carboxylic acids is 1. The molecule has 0 unspecified atom stereocenters. The lowest BCUT2D eigenvalue weighted by molar-refractivity contribution is -0.119. The number of sulfone groups is 1. The first-order valence-electron chi connectivity index (χ1n) is 6.87. The summed E-state index contributed by atoms with van der Waals surface area (Å²) in [7, 11) is -3.04. The smallest absolute Gasteiger partial charge is 0.230 e. The maximum Gasteiger partial charge on any atom is 0.230 e. The minimum absolute atomic E-state index is 0.0519. The molecule has 1 N–H and O–H groups in total. The van der Waals surface area contributed by atoms with Crippen molar-refractivity contribution in [1.29, 1.82) is 0 Å². The molecule has 1 aromatic carbocycles. The Bertz CT molecular complexity index is 796. The number of anilines is 1. The first-order chi connectivity index (χ1) is 9.97. The van der Waals surface area contributed by atoms with Crippen LogP contribution in [0, 0.1) is 5.92 Å². The number of aromatic nitrogens is 1. The molecule has 0 saturated carbocycles. The second kappa shape index (κ2) is 5.38. The van der Waals surface area contributed by atoms with Gasteiger partial charge in [0.25, 0.3) is 0 Å². The van der Waals surface area contributed by atoms with Crippen molar-refractivity contribution in [3.63, 3.8) is 0 Å². The van der Waals surface area contributed by atoms with Gasteiger partial charge < -0.3 is 5.32 Å². The van der Waals surface area contributed by atoms with Gasteiger partial charge in [-0.25, -0.2) is 13.4 Å². The van der Waals surface area contributed by atoms with Gasteiger partial charge in [0.05, 0.1) is 27.6 Å². The van der Waals surface area contributed by atoms with E-state index in [1.165, 1.54) is 16.9 Å². The molecule has 1 saturated heterocycles. The molecular weight excluding hydrogens is 308 g/mol. The molecule has 7 heteroatoms. The van der Waals surface area contributed by atoms with E-state index in [9.17, 15) is 13.2 Å². The third kappa shape index (κ3) is 3.08. The zero-order valence-corrected chi connectivity index (χ0v) is 13.3. The number of benzene rings is 1. The molecule has 1 aromatic heterocycles. The monoisotopic (exact) mass is 324 g/mol. The van der Waals surface area contributed by atoms with E-state index in [4.69, 9.17) is 0 Å². The van der Waals surface area contributed by atoms with Gasteiger partial charge in [0.2, 0.25) is 5.91 Å². The first-order valence-corrected chi connectivity index (χ1v) is 9.51. The third-order valence-electron chi connectivity index (χ3n) is 3.69. The van der Waals surface area contributed by atoms with Crippen molar-refractivity contribution < 1.29 is 13.2 Å². The fourth-order valence-corrected chi connectivity index (χ4v) is 5.13. The summed E-state index contributed by atoms with van der Waals surface area (Å²) in [5.41, 5.74) is 2.08. The van der Waals surface area contributed by atoms with Crippen molar-refractivity contribution in [3.8, 4) is 0 Å². The van der Waals surface area contributed by atoms with Crippen LogP contribution in [0.3, 0.4) is 0 Å².